The molecule has 0 fully saturated rings. The molecular formula is C51H104N2O6P+. The first-order chi connectivity index (χ1) is 29.0. The van der Waals surface area contributed by atoms with Gasteiger partial charge in [0, 0.05) is 6.42 Å². The van der Waals surface area contributed by atoms with E-state index >= 15 is 0 Å². The van der Waals surface area contributed by atoms with Gasteiger partial charge in [0.05, 0.1) is 39.9 Å². The molecule has 0 aliphatic heterocycles. The molecule has 0 aromatic rings. The molecule has 0 radical (unpaired) electrons. The lowest BCUT2D eigenvalue weighted by molar-refractivity contribution is -0.870. The molecule has 60 heavy (non-hydrogen) atoms. The number of likely N-dealkylation sites (N-methyl/N-ethyl adjacent to an activating group) is 1. The molecular weight excluding hydrogens is 768 g/mol. The normalized spacial score (nSPS) is 14.2. The summed E-state index contributed by atoms with van der Waals surface area (Å²) in [5, 5.41) is 13.8. The summed E-state index contributed by atoms with van der Waals surface area (Å²) >= 11 is 0. The van der Waals surface area contributed by atoms with Crippen LogP contribution in [0.5, 0.6) is 0 Å². The first-order valence-corrected chi connectivity index (χ1v) is 27.6. The average molecular weight is 872 g/mol. The Kier molecular flexibility index (Phi) is 42.9. The van der Waals surface area contributed by atoms with Gasteiger partial charge in [-0.15, -0.1) is 0 Å². The highest BCUT2D eigenvalue weighted by molar-refractivity contribution is 7.47. The van der Waals surface area contributed by atoms with E-state index in [0.717, 1.165) is 38.5 Å². The van der Waals surface area contributed by atoms with Crippen LogP contribution in [0.4, 0.5) is 0 Å². The number of phosphoric ester groups is 1. The van der Waals surface area contributed by atoms with Gasteiger partial charge in [-0.3, -0.25) is 13.8 Å². The Balaban J connectivity index is 4.10. The second-order valence-corrected chi connectivity index (χ2v) is 20.7. The fourth-order valence-corrected chi connectivity index (χ4v) is 8.60. The summed E-state index contributed by atoms with van der Waals surface area (Å²) in [6, 6.07) is -0.840. The Bertz CT molecular complexity index is 989. The number of allylic oxidation sites excluding steroid dienone is 1. The van der Waals surface area contributed by atoms with Crippen LogP contribution in [-0.4, -0.2) is 73.4 Å². The minimum atomic E-state index is -4.33. The highest BCUT2D eigenvalue weighted by atomic mass is 31.2. The molecule has 0 rings (SSSR count). The molecule has 0 bridgehead atoms. The number of rotatable bonds is 48. The molecule has 0 heterocycles. The molecule has 358 valence electrons. The SMILES string of the molecule is CCCCCCCCCCCC/C=C/C(O)C(COP(=O)(O)OCC[N+](C)(C)C)NC(=O)CCCCCCCCCCCCCCCCCCCCCCCCCCCC. The van der Waals surface area contributed by atoms with E-state index in [4.69, 9.17) is 9.05 Å². The Hall–Kier alpha value is -0.760. The summed E-state index contributed by atoms with van der Waals surface area (Å²) < 4.78 is 23.6. The number of aliphatic hydroxyl groups is 1. The van der Waals surface area contributed by atoms with Crippen molar-refractivity contribution in [2.75, 3.05) is 40.9 Å². The molecule has 0 aromatic heterocycles. The molecule has 3 atom stereocenters. The van der Waals surface area contributed by atoms with Crippen LogP contribution in [0, 0.1) is 0 Å². The Morgan fingerprint density at radius 1 is 0.550 bits per heavy atom. The fraction of sp³-hybridized carbons (Fsp3) is 0.941. The second-order valence-electron chi connectivity index (χ2n) is 19.3. The predicted molar refractivity (Wildman–Crippen MR) is 259 cm³/mol. The monoisotopic (exact) mass is 872 g/mol. The van der Waals surface area contributed by atoms with Crippen molar-refractivity contribution in [1.82, 2.24) is 5.32 Å². The molecule has 1 amide bonds. The van der Waals surface area contributed by atoms with Crippen molar-refractivity contribution in [3.05, 3.63) is 12.2 Å². The highest BCUT2D eigenvalue weighted by Crippen LogP contribution is 2.43. The lowest BCUT2D eigenvalue weighted by Crippen LogP contribution is -2.45. The average Bonchev–Trinajstić information content (AvgIpc) is 3.20. The van der Waals surface area contributed by atoms with Crippen molar-refractivity contribution in [2.24, 2.45) is 0 Å². The molecule has 0 saturated carbocycles. The van der Waals surface area contributed by atoms with Gasteiger partial charge < -0.3 is 19.8 Å². The molecule has 0 aliphatic carbocycles. The maximum atomic E-state index is 12.9. The Labute approximate surface area is 373 Å². The second kappa shape index (κ2) is 43.5. The largest absolute Gasteiger partial charge is 0.472 e. The first kappa shape index (κ1) is 59.2. The topological polar surface area (TPSA) is 105 Å². The quantitative estimate of drug-likeness (QED) is 0.0243. The minimum absolute atomic E-state index is 0.0647. The summed E-state index contributed by atoms with van der Waals surface area (Å²) in [6.07, 6.45) is 51.6. The summed E-state index contributed by atoms with van der Waals surface area (Å²) in [6.45, 7) is 4.84. The number of nitrogens with one attached hydrogen (secondary N) is 1. The summed E-state index contributed by atoms with van der Waals surface area (Å²) in [7, 11) is 1.58. The lowest BCUT2D eigenvalue weighted by Gasteiger charge is -2.25. The standard InChI is InChI=1S/C51H103N2O6P/c1-6-8-10-12-14-16-18-20-21-22-23-24-25-26-27-28-29-30-31-32-33-35-37-39-41-43-45-51(55)52-49(48-59-60(56,57)58-47-46-53(3,4)5)50(54)44-42-40-38-36-34-19-17-15-13-11-9-7-2/h42,44,49-50,54H,6-41,43,45-48H2,1-5H3,(H-,52,55,56,57)/p+1/b44-42+. The number of amides is 1. The summed E-state index contributed by atoms with van der Waals surface area (Å²) in [5.74, 6) is -0.172. The molecule has 3 unspecified atom stereocenters. The van der Waals surface area contributed by atoms with Crippen molar-refractivity contribution in [2.45, 2.75) is 270 Å². The number of unbranched alkanes of at least 4 members (excludes halogenated alkanes) is 35. The van der Waals surface area contributed by atoms with Crippen molar-refractivity contribution >= 4 is 13.7 Å². The number of nitrogens with zero attached hydrogens (tertiary/aromatic N) is 1. The Morgan fingerprint density at radius 2 is 0.883 bits per heavy atom. The van der Waals surface area contributed by atoms with E-state index in [2.05, 4.69) is 19.2 Å². The van der Waals surface area contributed by atoms with Crippen LogP contribution in [0.3, 0.4) is 0 Å². The number of carbonyl (C=O) groups excluding carboxylic acids is 1. The minimum Gasteiger partial charge on any atom is -0.387 e. The predicted octanol–water partition coefficient (Wildman–Crippen LogP) is 15.1. The highest BCUT2D eigenvalue weighted by Gasteiger charge is 2.27. The molecule has 0 aliphatic rings. The lowest BCUT2D eigenvalue weighted by atomic mass is 10.0. The number of aliphatic hydroxyl groups excluding tert-OH is 1. The Morgan fingerprint density at radius 3 is 1.23 bits per heavy atom. The molecule has 0 saturated heterocycles. The molecule has 0 aromatic carbocycles. The zero-order valence-electron chi connectivity index (χ0n) is 40.7. The zero-order chi connectivity index (χ0) is 44.3. The van der Waals surface area contributed by atoms with Crippen molar-refractivity contribution in [3.63, 3.8) is 0 Å². The maximum absolute atomic E-state index is 12.9. The van der Waals surface area contributed by atoms with Gasteiger partial charge in [0.1, 0.15) is 13.2 Å². The van der Waals surface area contributed by atoms with Gasteiger partial charge in [-0.2, -0.15) is 0 Å². The molecule has 8 nitrogen and oxygen atoms in total. The van der Waals surface area contributed by atoms with Crippen LogP contribution in [0.25, 0.3) is 0 Å². The molecule has 0 spiro atoms. The maximum Gasteiger partial charge on any atom is 0.472 e. The third-order valence-electron chi connectivity index (χ3n) is 12.0. The number of hydrogen-bond donors (Lipinski definition) is 3. The fourth-order valence-electron chi connectivity index (χ4n) is 7.87. The van der Waals surface area contributed by atoms with E-state index in [1.54, 1.807) is 6.08 Å². The number of phosphoric acid groups is 1. The third kappa shape index (κ3) is 45.3. The van der Waals surface area contributed by atoms with Crippen LogP contribution in [-0.2, 0) is 18.4 Å². The number of quaternary nitrogens is 1. The number of hydrogen-bond acceptors (Lipinski definition) is 5. The van der Waals surface area contributed by atoms with Crippen LogP contribution in [0.2, 0.25) is 0 Å². The summed E-state index contributed by atoms with van der Waals surface area (Å²) in [4.78, 5) is 23.2. The van der Waals surface area contributed by atoms with E-state index in [1.807, 2.05) is 27.2 Å². The van der Waals surface area contributed by atoms with Gasteiger partial charge in [-0.1, -0.05) is 244 Å². The summed E-state index contributed by atoms with van der Waals surface area (Å²) in [5.41, 5.74) is 0. The van der Waals surface area contributed by atoms with Gasteiger partial charge in [0.15, 0.2) is 0 Å². The van der Waals surface area contributed by atoms with E-state index in [0.29, 0.717) is 17.4 Å². The first-order valence-electron chi connectivity index (χ1n) is 26.1. The van der Waals surface area contributed by atoms with Crippen LogP contribution < -0.4 is 5.32 Å². The molecule has 3 N–H and O–H groups in total. The van der Waals surface area contributed by atoms with Gasteiger partial charge in [0.25, 0.3) is 0 Å². The van der Waals surface area contributed by atoms with Gasteiger partial charge in [0.2, 0.25) is 5.91 Å². The van der Waals surface area contributed by atoms with E-state index in [-0.39, 0.29) is 19.1 Å². The zero-order valence-corrected chi connectivity index (χ0v) is 41.6. The van der Waals surface area contributed by atoms with Crippen LogP contribution >= 0.6 is 7.82 Å². The van der Waals surface area contributed by atoms with Gasteiger partial charge in [-0.25, -0.2) is 4.57 Å². The van der Waals surface area contributed by atoms with Crippen LogP contribution in [0.15, 0.2) is 12.2 Å². The molecule has 9 heteroatoms. The van der Waals surface area contributed by atoms with E-state index in [9.17, 15) is 19.4 Å². The van der Waals surface area contributed by atoms with Gasteiger partial charge >= 0.3 is 7.82 Å². The van der Waals surface area contributed by atoms with E-state index in [1.165, 1.54) is 199 Å². The van der Waals surface area contributed by atoms with Crippen LogP contribution in [0.1, 0.15) is 258 Å². The third-order valence-corrected chi connectivity index (χ3v) is 13.0. The van der Waals surface area contributed by atoms with Crippen molar-refractivity contribution < 1.29 is 32.9 Å². The smallest absolute Gasteiger partial charge is 0.387 e. The van der Waals surface area contributed by atoms with E-state index < -0.39 is 20.0 Å². The van der Waals surface area contributed by atoms with Crippen molar-refractivity contribution in [1.29, 1.82) is 0 Å². The van der Waals surface area contributed by atoms with Gasteiger partial charge in [-0.05, 0) is 19.3 Å². The van der Waals surface area contributed by atoms with Crippen molar-refractivity contribution in [3.8, 4) is 0 Å². The number of carbonyl (C=O) groups is 1.